The van der Waals surface area contributed by atoms with Crippen LogP contribution in [-0.4, -0.2) is 74.3 Å². The maximum absolute atomic E-state index is 13.5. The van der Waals surface area contributed by atoms with Crippen molar-refractivity contribution in [3.05, 3.63) is 60.8 Å². The average Bonchev–Trinajstić information content (AvgIpc) is 3.29. The van der Waals surface area contributed by atoms with Crippen LogP contribution in [0.5, 0.6) is 0 Å². The fraction of sp³-hybridized carbons (Fsp3) is 0.793. The van der Waals surface area contributed by atoms with E-state index in [4.69, 9.17) is 13.8 Å². The lowest BCUT2D eigenvalue weighted by Crippen LogP contribution is -2.47. The van der Waals surface area contributed by atoms with Crippen molar-refractivity contribution < 1.29 is 37.3 Å². The number of amides is 1. The Labute approximate surface area is 420 Å². The van der Waals surface area contributed by atoms with Gasteiger partial charge in [0.25, 0.3) is 0 Å². The number of phosphoric ester groups is 1. The molecule has 0 rings (SSSR count). The largest absolute Gasteiger partial charge is 0.472 e. The number of nitrogens with zero attached hydrogens (tertiary/aromatic N) is 1. The summed E-state index contributed by atoms with van der Waals surface area (Å²) in [6, 6.07) is -0.859. The number of rotatable bonds is 50. The number of carbonyl (C=O) groups excluding carboxylic acids is 2. The van der Waals surface area contributed by atoms with Gasteiger partial charge in [-0.25, -0.2) is 4.57 Å². The summed E-state index contributed by atoms with van der Waals surface area (Å²) in [6.45, 7) is 6.93. The maximum atomic E-state index is 13.5. The van der Waals surface area contributed by atoms with Gasteiger partial charge in [0.1, 0.15) is 19.3 Å². The van der Waals surface area contributed by atoms with Crippen LogP contribution >= 0.6 is 7.82 Å². The summed E-state index contributed by atoms with van der Waals surface area (Å²) in [4.78, 5) is 37.5. The molecule has 10 heteroatoms. The highest BCUT2D eigenvalue weighted by Gasteiger charge is 2.30. The lowest BCUT2D eigenvalue weighted by Gasteiger charge is -2.27. The van der Waals surface area contributed by atoms with Crippen molar-refractivity contribution >= 4 is 19.7 Å². The SMILES string of the molecule is CCCCC/C=C/C=C/CCCCCCCCC(=O)NC(COP(=O)(O)OCC[N+](C)(C)C)C(/C=C/CCCCCCCCCCCC)OC(=O)CCCCCCCC/C=C/C=C/CCCCC. The summed E-state index contributed by atoms with van der Waals surface area (Å²) in [5.74, 6) is -0.532. The van der Waals surface area contributed by atoms with E-state index in [-0.39, 0.29) is 31.5 Å². The molecule has 0 saturated carbocycles. The minimum atomic E-state index is -4.45. The van der Waals surface area contributed by atoms with Gasteiger partial charge in [-0.1, -0.05) is 210 Å². The molecule has 0 saturated heterocycles. The number of phosphoric acid groups is 1. The topological polar surface area (TPSA) is 111 Å². The normalized spacial score (nSPS) is 14.3. The van der Waals surface area contributed by atoms with Crippen LogP contribution in [0.2, 0.25) is 0 Å². The van der Waals surface area contributed by atoms with Crippen LogP contribution < -0.4 is 5.32 Å². The van der Waals surface area contributed by atoms with Crippen molar-refractivity contribution in [1.29, 1.82) is 0 Å². The second kappa shape index (κ2) is 48.3. The average molecular weight is 976 g/mol. The molecule has 68 heavy (non-hydrogen) atoms. The molecule has 0 bridgehead atoms. The molecule has 0 aliphatic rings. The van der Waals surface area contributed by atoms with E-state index in [1.807, 2.05) is 33.3 Å². The molecule has 3 unspecified atom stereocenters. The van der Waals surface area contributed by atoms with Crippen LogP contribution in [0.15, 0.2) is 60.8 Å². The molecule has 396 valence electrons. The van der Waals surface area contributed by atoms with Gasteiger partial charge in [-0.15, -0.1) is 0 Å². The molecule has 0 spiro atoms. The number of hydrogen-bond acceptors (Lipinski definition) is 6. The highest BCUT2D eigenvalue weighted by Crippen LogP contribution is 2.43. The summed E-state index contributed by atoms with van der Waals surface area (Å²) < 4.78 is 30.6. The molecule has 0 fully saturated rings. The van der Waals surface area contributed by atoms with Crippen molar-refractivity contribution in [2.45, 2.75) is 258 Å². The lowest BCUT2D eigenvalue weighted by molar-refractivity contribution is -0.870. The van der Waals surface area contributed by atoms with Crippen LogP contribution in [0.1, 0.15) is 245 Å². The third-order valence-electron chi connectivity index (χ3n) is 12.2. The van der Waals surface area contributed by atoms with Crippen LogP contribution in [-0.2, 0) is 27.9 Å². The predicted molar refractivity (Wildman–Crippen MR) is 291 cm³/mol. The summed E-state index contributed by atoms with van der Waals surface area (Å²) in [7, 11) is 1.48. The zero-order chi connectivity index (χ0) is 50.1. The first-order chi connectivity index (χ1) is 32.9. The number of hydrogen-bond donors (Lipinski definition) is 2. The van der Waals surface area contributed by atoms with E-state index in [0.717, 1.165) is 96.3 Å². The molecule has 0 aromatic rings. The van der Waals surface area contributed by atoms with Crippen molar-refractivity contribution in [3.8, 4) is 0 Å². The van der Waals surface area contributed by atoms with Crippen molar-refractivity contribution in [1.82, 2.24) is 5.32 Å². The standard InChI is InChI=1S/C58H107N2O7P/c1-7-10-13-16-19-22-25-28-30-32-35-38-41-44-47-50-57(61)59-55(54-66-68(63,64)65-53-52-60(4,5)6)56(49-46-43-40-37-34-27-24-21-18-15-12-9-3)67-58(62)51-48-45-42-39-36-33-31-29-26-23-20-17-14-11-8-2/h19-20,22-23,25-26,28-29,46,49,55-56H,7-18,21,24,27,30-45,47-48,50-54H2,1-6H3,(H-,59,61,63,64)/p+1/b22-19+,23-20+,28-25+,29-26+,49-46+. The van der Waals surface area contributed by atoms with Crippen LogP contribution in [0, 0.1) is 0 Å². The first-order valence-electron chi connectivity index (χ1n) is 28.1. The van der Waals surface area contributed by atoms with Crippen LogP contribution in [0.3, 0.4) is 0 Å². The fourth-order valence-corrected chi connectivity index (χ4v) is 8.54. The Bertz CT molecular complexity index is 1350. The Morgan fingerprint density at radius 3 is 1.32 bits per heavy atom. The van der Waals surface area contributed by atoms with E-state index in [1.165, 1.54) is 116 Å². The number of esters is 1. The minimum absolute atomic E-state index is 0.0343. The summed E-state index contributed by atoms with van der Waals surface area (Å²) in [6.07, 6.45) is 59.2. The van der Waals surface area contributed by atoms with Crippen molar-refractivity contribution in [2.24, 2.45) is 0 Å². The number of carbonyl (C=O) groups is 2. The Hall–Kier alpha value is -2.29. The van der Waals surface area contributed by atoms with Crippen LogP contribution in [0.4, 0.5) is 0 Å². The van der Waals surface area contributed by atoms with E-state index in [9.17, 15) is 19.0 Å². The second-order valence-electron chi connectivity index (χ2n) is 20.2. The molecule has 0 aliphatic heterocycles. The molecular weight excluding hydrogens is 868 g/mol. The molecule has 3 atom stereocenters. The molecule has 0 aromatic carbocycles. The summed E-state index contributed by atoms with van der Waals surface area (Å²) in [5, 5.41) is 3.04. The first kappa shape index (κ1) is 65.7. The zero-order valence-corrected chi connectivity index (χ0v) is 46.0. The first-order valence-corrected chi connectivity index (χ1v) is 29.6. The second-order valence-corrected chi connectivity index (χ2v) is 21.6. The van der Waals surface area contributed by atoms with Gasteiger partial charge in [0, 0.05) is 12.8 Å². The van der Waals surface area contributed by atoms with Crippen molar-refractivity contribution in [2.75, 3.05) is 40.9 Å². The maximum Gasteiger partial charge on any atom is 0.472 e. The van der Waals surface area contributed by atoms with Crippen LogP contribution in [0.25, 0.3) is 0 Å². The highest BCUT2D eigenvalue weighted by atomic mass is 31.2. The minimum Gasteiger partial charge on any atom is -0.456 e. The van der Waals surface area contributed by atoms with Gasteiger partial charge in [0.2, 0.25) is 5.91 Å². The lowest BCUT2D eigenvalue weighted by atomic mass is 10.0. The summed E-state index contributed by atoms with van der Waals surface area (Å²) >= 11 is 0. The van der Waals surface area contributed by atoms with Gasteiger partial charge in [-0.05, 0) is 83.1 Å². The van der Waals surface area contributed by atoms with Gasteiger partial charge < -0.3 is 19.4 Å². The molecule has 9 nitrogen and oxygen atoms in total. The number of ether oxygens (including phenoxy) is 1. The van der Waals surface area contributed by atoms with E-state index < -0.39 is 20.0 Å². The third kappa shape index (κ3) is 48.7. The molecule has 0 aromatic heterocycles. The molecule has 2 N–H and O–H groups in total. The Morgan fingerprint density at radius 1 is 0.515 bits per heavy atom. The fourth-order valence-electron chi connectivity index (χ4n) is 7.80. The van der Waals surface area contributed by atoms with Gasteiger partial charge in [-0.2, -0.15) is 0 Å². The van der Waals surface area contributed by atoms with Gasteiger partial charge in [-0.3, -0.25) is 18.6 Å². The quantitative estimate of drug-likeness (QED) is 0.0156. The zero-order valence-electron chi connectivity index (χ0n) is 45.1. The smallest absolute Gasteiger partial charge is 0.456 e. The molecule has 0 aliphatic carbocycles. The monoisotopic (exact) mass is 976 g/mol. The number of nitrogens with one attached hydrogen (secondary N) is 1. The third-order valence-corrected chi connectivity index (χ3v) is 13.2. The van der Waals surface area contributed by atoms with Gasteiger partial charge in [0.05, 0.1) is 33.8 Å². The highest BCUT2D eigenvalue weighted by molar-refractivity contribution is 7.47. The van der Waals surface area contributed by atoms with Gasteiger partial charge >= 0.3 is 13.8 Å². The Balaban J connectivity index is 5.42. The van der Waals surface area contributed by atoms with E-state index >= 15 is 0 Å². The number of allylic oxidation sites excluding steroid dienone is 9. The molecule has 1 amide bonds. The predicted octanol–water partition coefficient (Wildman–Crippen LogP) is 16.7. The number of quaternary nitrogens is 1. The molecule has 0 radical (unpaired) electrons. The van der Waals surface area contributed by atoms with Crippen molar-refractivity contribution in [3.63, 3.8) is 0 Å². The van der Waals surface area contributed by atoms with E-state index in [1.54, 1.807) is 0 Å². The summed E-state index contributed by atoms with van der Waals surface area (Å²) in [5.41, 5.74) is 0. The van der Waals surface area contributed by atoms with E-state index in [2.05, 4.69) is 74.7 Å². The van der Waals surface area contributed by atoms with Gasteiger partial charge in [0.15, 0.2) is 0 Å². The molecule has 0 heterocycles. The Kier molecular flexibility index (Phi) is 46.7. The molecular formula is C58H108N2O7P+. The number of unbranched alkanes of at least 4 members (excludes halogenated alkanes) is 28. The number of likely N-dealkylation sites (N-methyl/N-ethyl adjacent to an activating group) is 1. The van der Waals surface area contributed by atoms with E-state index in [0.29, 0.717) is 17.4 Å². The Morgan fingerprint density at radius 2 is 0.882 bits per heavy atom.